The predicted octanol–water partition coefficient (Wildman–Crippen LogP) is 5.81. The number of para-hydroxylation sites is 2. The highest BCUT2D eigenvalue weighted by atomic mass is 16.5. The molecule has 0 fully saturated rings. The molecule has 0 bridgehead atoms. The first kappa shape index (κ1) is 24.5. The van der Waals surface area contributed by atoms with E-state index in [4.69, 9.17) is 14.1 Å². The average Bonchev–Trinajstić information content (AvgIpc) is 3.28. The normalized spacial score (nSPS) is 12.5. The summed E-state index contributed by atoms with van der Waals surface area (Å²) in [5, 5.41) is 12.8. The van der Waals surface area contributed by atoms with Crippen LogP contribution in [0.2, 0.25) is 0 Å². The Morgan fingerprint density at radius 1 is 1.03 bits per heavy atom. The summed E-state index contributed by atoms with van der Waals surface area (Å²) >= 11 is 0. The Kier molecular flexibility index (Phi) is 7.83. The summed E-state index contributed by atoms with van der Waals surface area (Å²) in [6.45, 7) is 4.82. The summed E-state index contributed by atoms with van der Waals surface area (Å²) in [5.74, 6) is 0.425. The molecular formula is C29H32N2O4. The van der Waals surface area contributed by atoms with Crippen LogP contribution in [-0.2, 0) is 11.2 Å². The molecule has 0 amide bonds. The summed E-state index contributed by atoms with van der Waals surface area (Å²) in [7, 11) is 0. The third-order valence-electron chi connectivity index (χ3n) is 6.03. The molecule has 0 radical (unpaired) electrons. The van der Waals surface area contributed by atoms with Crippen molar-refractivity contribution in [1.29, 1.82) is 0 Å². The van der Waals surface area contributed by atoms with Crippen molar-refractivity contribution in [2.45, 2.75) is 44.6 Å². The lowest BCUT2D eigenvalue weighted by Gasteiger charge is -2.21. The van der Waals surface area contributed by atoms with Crippen LogP contribution >= 0.6 is 0 Å². The lowest BCUT2D eigenvalue weighted by molar-refractivity contribution is -0.152. The maximum Gasteiger partial charge on any atom is 0.347 e. The van der Waals surface area contributed by atoms with Crippen molar-refractivity contribution in [1.82, 2.24) is 10.3 Å². The molecule has 0 aliphatic rings. The van der Waals surface area contributed by atoms with E-state index < -0.39 is 11.6 Å². The molecule has 1 atom stereocenters. The van der Waals surface area contributed by atoms with Crippen LogP contribution in [0.3, 0.4) is 0 Å². The van der Waals surface area contributed by atoms with Crippen molar-refractivity contribution in [3.05, 3.63) is 95.9 Å². The van der Waals surface area contributed by atoms with Crippen molar-refractivity contribution >= 4 is 17.1 Å². The van der Waals surface area contributed by atoms with Gasteiger partial charge in [-0.25, -0.2) is 9.78 Å². The Balaban J connectivity index is 1.29. The van der Waals surface area contributed by atoms with Crippen molar-refractivity contribution in [2.75, 3.05) is 13.1 Å². The van der Waals surface area contributed by atoms with E-state index in [0.717, 1.165) is 54.9 Å². The van der Waals surface area contributed by atoms with E-state index in [1.54, 1.807) is 19.9 Å². The second-order valence-corrected chi connectivity index (χ2v) is 9.19. The number of carboxylic acid groups (broad SMARTS) is 1. The van der Waals surface area contributed by atoms with Gasteiger partial charge in [-0.05, 0) is 81.6 Å². The molecule has 0 aliphatic heterocycles. The zero-order valence-electron chi connectivity index (χ0n) is 20.2. The molecule has 3 aromatic carbocycles. The first-order chi connectivity index (χ1) is 16.9. The second-order valence-electron chi connectivity index (χ2n) is 9.19. The Labute approximate surface area is 206 Å². The fourth-order valence-corrected chi connectivity index (χ4v) is 4.05. The van der Waals surface area contributed by atoms with Crippen LogP contribution in [0.15, 0.2) is 83.3 Å². The maximum absolute atomic E-state index is 11.3. The highest BCUT2D eigenvalue weighted by Gasteiger charge is 2.29. The Morgan fingerprint density at radius 2 is 1.80 bits per heavy atom. The van der Waals surface area contributed by atoms with Crippen LogP contribution < -0.4 is 10.1 Å². The molecule has 4 aromatic rings. The monoisotopic (exact) mass is 472 g/mol. The smallest absolute Gasteiger partial charge is 0.347 e. The first-order valence-electron chi connectivity index (χ1n) is 12.0. The van der Waals surface area contributed by atoms with Gasteiger partial charge in [0.15, 0.2) is 11.2 Å². The number of benzene rings is 3. The zero-order valence-corrected chi connectivity index (χ0v) is 20.2. The van der Waals surface area contributed by atoms with Gasteiger partial charge < -0.3 is 19.6 Å². The number of nitrogens with zero attached hydrogens (tertiary/aromatic N) is 1. The van der Waals surface area contributed by atoms with E-state index in [0.29, 0.717) is 5.75 Å². The van der Waals surface area contributed by atoms with Gasteiger partial charge in [0.25, 0.3) is 0 Å². The van der Waals surface area contributed by atoms with Crippen LogP contribution in [0, 0.1) is 0 Å². The molecule has 1 heterocycles. The third kappa shape index (κ3) is 6.49. The number of aliphatic carboxylic acids is 1. The molecule has 0 spiro atoms. The number of rotatable bonds is 12. The van der Waals surface area contributed by atoms with Crippen LogP contribution in [-0.4, -0.2) is 34.8 Å². The number of oxazole rings is 1. The summed E-state index contributed by atoms with van der Waals surface area (Å²) in [6.07, 6.45) is 2.72. The van der Waals surface area contributed by atoms with Crippen molar-refractivity contribution in [3.8, 4) is 5.75 Å². The molecule has 0 saturated heterocycles. The number of aromatic nitrogens is 1. The van der Waals surface area contributed by atoms with Crippen molar-refractivity contribution < 1.29 is 19.1 Å². The quantitative estimate of drug-likeness (QED) is 0.253. The van der Waals surface area contributed by atoms with Gasteiger partial charge in [0, 0.05) is 0 Å². The summed E-state index contributed by atoms with van der Waals surface area (Å²) in [4.78, 5) is 16.1. The van der Waals surface area contributed by atoms with Crippen LogP contribution in [0.5, 0.6) is 5.75 Å². The summed E-state index contributed by atoms with van der Waals surface area (Å²) in [6, 6.07) is 25.9. The van der Waals surface area contributed by atoms with Gasteiger partial charge in [-0.3, -0.25) is 0 Å². The van der Waals surface area contributed by atoms with E-state index in [9.17, 15) is 9.90 Å². The number of carbonyl (C=O) groups is 1. The SMILES string of the molecule is CC(C)(Oc1cccc(CCCNCCC(c2ccccc2)c2nc3ccccc3o2)c1)C(=O)O. The molecule has 6 heteroatoms. The topological polar surface area (TPSA) is 84.6 Å². The molecule has 1 aromatic heterocycles. The second kappa shape index (κ2) is 11.2. The molecular weight excluding hydrogens is 440 g/mol. The van der Waals surface area contributed by atoms with Gasteiger partial charge in [-0.2, -0.15) is 0 Å². The van der Waals surface area contributed by atoms with Gasteiger partial charge in [0.05, 0.1) is 5.92 Å². The number of aryl methyl sites for hydroxylation is 1. The minimum atomic E-state index is -1.26. The number of carboxylic acids is 1. The number of hydrogen-bond donors (Lipinski definition) is 2. The van der Waals surface area contributed by atoms with Crippen LogP contribution in [0.25, 0.3) is 11.1 Å². The average molecular weight is 473 g/mol. The van der Waals surface area contributed by atoms with Gasteiger partial charge in [0.2, 0.25) is 5.89 Å². The first-order valence-corrected chi connectivity index (χ1v) is 12.0. The van der Waals surface area contributed by atoms with E-state index in [1.807, 2.05) is 60.7 Å². The number of nitrogens with one attached hydrogen (secondary N) is 1. The minimum Gasteiger partial charge on any atom is -0.478 e. The molecule has 0 aliphatic carbocycles. The molecule has 4 rings (SSSR count). The lowest BCUT2D eigenvalue weighted by Crippen LogP contribution is -2.37. The maximum atomic E-state index is 11.3. The highest BCUT2D eigenvalue weighted by molar-refractivity contribution is 5.76. The molecule has 35 heavy (non-hydrogen) atoms. The van der Waals surface area contributed by atoms with Gasteiger partial charge in [-0.15, -0.1) is 0 Å². The Hall–Kier alpha value is -3.64. The third-order valence-corrected chi connectivity index (χ3v) is 6.03. The number of fused-ring (bicyclic) bond motifs is 1. The van der Waals surface area contributed by atoms with Crippen LogP contribution in [0.4, 0.5) is 0 Å². The highest BCUT2D eigenvalue weighted by Crippen LogP contribution is 2.29. The van der Waals surface area contributed by atoms with Gasteiger partial charge in [-0.1, -0.05) is 54.6 Å². The molecule has 0 saturated carbocycles. The van der Waals surface area contributed by atoms with Crippen LogP contribution in [0.1, 0.15) is 49.6 Å². The van der Waals surface area contributed by atoms with E-state index in [-0.39, 0.29) is 5.92 Å². The Morgan fingerprint density at radius 3 is 2.57 bits per heavy atom. The fourth-order valence-electron chi connectivity index (χ4n) is 4.05. The number of hydrogen-bond acceptors (Lipinski definition) is 5. The van der Waals surface area contributed by atoms with E-state index in [1.165, 1.54) is 5.56 Å². The zero-order chi connectivity index (χ0) is 24.7. The standard InChI is InChI=1S/C29H32N2O4/c1-29(2,28(32)33)35-23-14-8-10-21(20-23)11-9-18-30-19-17-24(22-12-4-3-5-13-22)27-31-25-15-6-7-16-26(25)34-27/h3-8,10,12-16,20,24,30H,9,11,17-19H2,1-2H3,(H,32,33). The van der Waals surface area contributed by atoms with Crippen molar-refractivity contribution in [2.24, 2.45) is 0 Å². The largest absolute Gasteiger partial charge is 0.478 e. The fraction of sp³-hybridized carbons (Fsp3) is 0.310. The predicted molar refractivity (Wildman–Crippen MR) is 137 cm³/mol. The molecule has 1 unspecified atom stereocenters. The van der Waals surface area contributed by atoms with E-state index >= 15 is 0 Å². The summed E-state index contributed by atoms with van der Waals surface area (Å²) in [5.41, 5.74) is 2.76. The number of ether oxygens (including phenoxy) is 1. The van der Waals surface area contributed by atoms with Gasteiger partial charge >= 0.3 is 5.97 Å². The lowest BCUT2D eigenvalue weighted by atomic mass is 9.95. The van der Waals surface area contributed by atoms with Crippen molar-refractivity contribution in [3.63, 3.8) is 0 Å². The summed E-state index contributed by atoms with van der Waals surface area (Å²) < 4.78 is 11.7. The van der Waals surface area contributed by atoms with Gasteiger partial charge in [0.1, 0.15) is 11.3 Å². The molecule has 182 valence electrons. The molecule has 6 nitrogen and oxygen atoms in total. The Bertz CT molecular complexity index is 1220. The minimum absolute atomic E-state index is 0.0857. The van der Waals surface area contributed by atoms with E-state index in [2.05, 4.69) is 17.4 Å². The molecule has 2 N–H and O–H groups in total.